The summed E-state index contributed by atoms with van der Waals surface area (Å²) in [5.41, 5.74) is 1.65. The monoisotopic (exact) mass is 446 g/mol. The third-order valence-electron chi connectivity index (χ3n) is 4.47. The van der Waals surface area contributed by atoms with Crippen molar-refractivity contribution in [2.45, 2.75) is 31.8 Å². The minimum atomic E-state index is -0.992. The maximum Gasteiger partial charge on any atom is 0.156 e. The van der Waals surface area contributed by atoms with Gasteiger partial charge in [0.2, 0.25) is 0 Å². The molecular formula is C21H25Cl3O4. The zero-order chi connectivity index (χ0) is 20.7. The third-order valence-corrected chi connectivity index (χ3v) is 5.30. The minimum Gasteiger partial charge on any atom is -0.494 e. The van der Waals surface area contributed by atoms with Crippen LogP contribution in [0.5, 0.6) is 11.5 Å². The summed E-state index contributed by atoms with van der Waals surface area (Å²) in [5, 5.41) is 19.0. The van der Waals surface area contributed by atoms with Gasteiger partial charge in [-0.1, -0.05) is 49.2 Å². The summed E-state index contributed by atoms with van der Waals surface area (Å²) in [6, 6.07) is 11.5. The number of rotatable bonds is 10. The minimum absolute atomic E-state index is 0.0934. The Kier molecular flexibility index (Phi) is 8.72. The lowest BCUT2D eigenvalue weighted by molar-refractivity contribution is 0.0536. The van der Waals surface area contributed by atoms with E-state index in [9.17, 15) is 5.11 Å². The van der Waals surface area contributed by atoms with Crippen molar-refractivity contribution in [3.63, 3.8) is 0 Å². The van der Waals surface area contributed by atoms with Crippen LogP contribution in [-0.2, 0) is 5.41 Å². The average Bonchev–Trinajstić information content (AvgIpc) is 2.67. The van der Waals surface area contributed by atoms with Crippen molar-refractivity contribution in [1.82, 2.24) is 0 Å². The Morgan fingerprint density at radius 2 is 1.61 bits per heavy atom. The molecule has 2 aromatic rings. The maximum atomic E-state index is 9.45. The van der Waals surface area contributed by atoms with Gasteiger partial charge in [0.15, 0.2) is 5.75 Å². The topological polar surface area (TPSA) is 58.9 Å². The van der Waals surface area contributed by atoms with Crippen molar-refractivity contribution < 1.29 is 19.7 Å². The average molecular weight is 448 g/mol. The first-order chi connectivity index (χ1) is 13.3. The molecule has 4 nitrogen and oxygen atoms in total. The van der Waals surface area contributed by atoms with Crippen LogP contribution < -0.4 is 9.47 Å². The number of aliphatic hydroxyl groups is 2. The molecule has 0 radical (unpaired) electrons. The van der Waals surface area contributed by atoms with E-state index in [1.54, 1.807) is 12.1 Å². The summed E-state index contributed by atoms with van der Waals surface area (Å²) in [5.74, 6) is 1.66. The largest absolute Gasteiger partial charge is 0.494 e. The molecule has 0 aromatic heterocycles. The lowest BCUT2D eigenvalue weighted by Crippen LogP contribution is -2.22. The molecule has 0 saturated carbocycles. The van der Waals surface area contributed by atoms with Crippen molar-refractivity contribution in [3.05, 3.63) is 57.6 Å². The van der Waals surface area contributed by atoms with Crippen LogP contribution in [0.15, 0.2) is 36.4 Å². The van der Waals surface area contributed by atoms with Gasteiger partial charge in [-0.3, -0.25) is 0 Å². The van der Waals surface area contributed by atoms with E-state index in [1.807, 2.05) is 24.3 Å². The molecule has 0 fully saturated rings. The number of halogens is 3. The highest BCUT2D eigenvalue weighted by Gasteiger charge is 2.26. The Morgan fingerprint density at radius 1 is 1.00 bits per heavy atom. The van der Waals surface area contributed by atoms with Gasteiger partial charge in [0, 0.05) is 11.3 Å². The molecule has 0 saturated heterocycles. The van der Waals surface area contributed by atoms with Crippen LogP contribution in [0.2, 0.25) is 10.0 Å². The molecule has 0 unspecified atom stereocenters. The van der Waals surface area contributed by atoms with E-state index in [-0.39, 0.29) is 12.0 Å². The third kappa shape index (κ3) is 5.91. The van der Waals surface area contributed by atoms with E-state index in [1.165, 1.54) is 0 Å². The molecule has 0 aliphatic rings. The number of aliphatic hydroxyl groups excluding tert-OH is 2. The van der Waals surface area contributed by atoms with Crippen molar-refractivity contribution in [2.24, 2.45) is 0 Å². The Labute approximate surface area is 180 Å². The van der Waals surface area contributed by atoms with Crippen LogP contribution >= 0.6 is 34.8 Å². The van der Waals surface area contributed by atoms with E-state index in [2.05, 4.69) is 13.8 Å². The fourth-order valence-corrected chi connectivity index (χ4v) is 3.38. The molecule has 7 heteroatoms. The summed E-state index contributed by atoms with van der Waals surface area (Å²) in [7, 11) is 0. The van der Waals surface area contributed by atoms with Gasteiger partial charge in [-0.25, -0.2) is 0 Å². The number of benzene rings is 2. The Morgan fingerprint density at radius 3 is 2.14 bits per heavy atom. The molecule has 2 N–H and O–H groups in total. The Hall–Kier alpha value is -1.17. The van der Waals surface area contributed by atoms with E-state index in [0.29, 0.717) is 28.3 Å². The highest BCUT2D eigenvalue weighted by Crippen LogP contribution is 2.40. The first-order valence-electron chi connectivity index (χ1n) is 9.00. The second-order valence-electron chi connectivity index (χ2n) is 6.96. The second kappa shape index (κ2) is 10.6. The van der Waals surface area contributed by atoms with Crippen LogP contribution in [-0.4, -0.2) is 42.0 Å². The van der Waals surface area contributed by atoms with Gasteiger partial charge in [0.1, 0.15) is 18.5 Å². The molecule has 0 aliphatic heterocycles. The van der Waals surface area contributed by atoms with Gasteiger partial charge in [0.25, 0.3) is 0 Å². The van der Waals surface area contributed by atoms with E-state index in [0.717, 1.165) is 23.3 Å². The molecule has 0 aliphatic carbocycles. The fourth-order valence-electron chi connectivity index (χ4n) is 2.67. The van der Waals surface area contributed by atoms with Crippen molar-refractivity contribution in [2.75, 3.05) is 25.7 Å². The molecule has 2 aromatic carbocycles. The molecule has 154 valence electrons. The number of hydrogen-bond acceptors (Lipinski definition) is 4. The predicted octanol–water partition coefficient (Wildman–Crippen LogP) is 5.06. The number of ether oxygens (including phenoxy) is 2. The highest BCUT2D eigenvalue weighted by atomic mass is 35.5. The quantitative estimate of drug-likeness (QED) is 0.395. The van der Waals surface area contributed by atoms with Gasteiger partial charge < -0.3 is 19.7 Å². The summed E-state index contributed by atoms with van der Waals surface area (Å²) in [4.78, 5) is 0. The molecule has 0 heterocycles. The molecule has 0 spiro atoms. The van der Waals surface area contributed by atoms with Crippen LogP contribution in [0, 0.1) is 0 Å². The van der Waals surface area contributed by atoms with Crippen LogP contribution in [0.3, 0.4) is 0 Å². The number of hydrogen-bond donors (Lipinski definition) is 2. The Bertz CT molecular complexity index is 740. The Balaban J connectivity index is 2.20. The van der Waals surface area contributed by atoms with Gasteiger partial charge in [-0.2, -0.15) is 0 Å². The van der Waals surface area contributed by atoms with E-state index < -0.39 is 12.7 Å². The zero-order valence-corrected chi connectivity index (χ0v) is 18.2. The highest BCUT2D eigenvalue weighted by molar-refractivity contribution is 6.37. The van der Waals surface area contributed by atoms with Crippen LogP contribution in [0.4, 0.5) is 0 Å². The zero-order valence-electron chi connectivity index (χ0n) is 15.9. The second-order valence-corrected chi connectivity index (χ2v) is 8.15. The van der Waals surface area contributed by atoms with Crippen molar-refractivity contribution >= 4 is 34.8 Å². The van der Waals surface area contributed by atoms with Crippen LogP contribution in [0.1, 0.15) is 31.4 Å². The van der Waals surface area contributed by atoms with Crippen LogP contribution in [0.25, 0.3) is 0 Å². The summed E-state index contributed by atoms with van der Waals surface area (Å²) in [6.45, 7) is 4.25. The van der Waals surface area contributed by atoms with Crippen molar-refractivity contribution in [1.29, 1.82) is 0 Å². The smallest absolute Gasteiger partial charge is 0.156 e. The standard InChI is InChI=1S/C21H25Cl3O4/c1-21(2,14-4-6-17(7-5-14)27-9-3-8-22)15-10-18(23)20(19(24)11-15)28-13-16(26)12-25/h4-7,10-11,16,25-26H,3,8-9,12-13H2,1-2H3/t16-/m1/s1. The van der Waals surface area contributed by atoms with E-state index >= 15 is 0 Å². The first-order valence-corrected chi connectivity index (χ1v) is 10.3. The maximum absolute atomic E-state index is 9.45. The van der Waals surface area contributed by atoms with Gasteiger partial charge in [-0.05, 0) is 41.8 Å². The molecule has 1 atom stereocenters. The van der Waals surface area contributed by atoms with Gasteiger partial charge in [0.05, 0.1) is 23.3 Å². The first kappa shape index (κ1) is 23.1. The molecule has 0 bridgehead atoms. The molecule has 28 heavy (non-hydrogen) atoms. The summed E-state index contributed by atoms with van der Waals surface area (Å²) in [6.07, 6.45) is -0.191. The van der Waals surface area contributed by atoms with Gasteiger partial charge in [-0.15, -0.1) is 11.6 Å². The SMILES string of the molecule is CC(C)(c1ccc(OCCCCl)cc1)c1cc(Cl)c(OC[C@H](O)CO)c(Cl)c1. The fraction of sp³-hybridized carbons (Fsp3) is 0.429. The van der Waals surface area contributed by atoms with Gasteiger partial charge >= 0.3 is 0 Å². The predicted molar refractivity (Wildman–Crippen MR) is 114 cm³/mol. The molecule has 0 amide bonds. The molecular weight excluding hydrogens is 423 g/mol. The van der Waals surface area contributed by atoms with Crippen molar-refractivity contribution in [3.8, 4) is 11.5 Å². The molecule has 2 rings (SSSR count). The number of alkyl halides is 1. The lowest BCUT2D eigenvalue weighted by Gasteiger charge is -2.27. The summed E-state index contributed by atoms with van der Waals surface area (Å²) < 4.78 is 11.1. The normalized spacial score (nSPS) is 12.7. The lowest BCUT2D eigenvalue weighted by atomic mass is 9.78. The van der Waals surface area contributed by atoms with E-state index in [4.69, 9.17) is 49.4 Å². The summed E-state index contributed by atoms with van der Waals surface area (Å²) >= 11 is 18.4.